The van der Waals surface area contributed by atoms with Crippen molar-refractivity contribution in [2.24, 2.45) is 0 Å². The molecule has 1 aromatic carbocycles. The van der Waals surface area contributed by atoms with Crippen molar-refractivity contribution in [3.63, 3.8) is 0 Å². The smallest absolute Gasteiger partial charge is 0.220 e. The number of aromatic nitrogens is 2. The van der Waals surface area contributed by atoms with Crippen molar-refractivity contribution in [3.8, 4) is 0 Å². The van der Waals surface area contributed by atoms with Gasteiger partial charge in [0.25, 0.3) is 0 Å². The molecule has 2 aromatic heterocycles. The van der Waals surface area contributed by atoms with E-state index in [0.717, 1.165) is 24.3 Å². The molecule has 31 heavy (non-hydrogen) atoms. The number of carbonyl (C=O) groups is 2. The number of nitrogens with one attached hydrogen (secondary N) is 2. The average molecular weight is 421 g/mol. The Morgan fingerprint density at radius 1 is 1.26 bits per heavy atom. The van der Waals surface area contributed by atoms with Crippen molar-refractivity contribution < 1.29 is 14.0 Å². The van der Waals surface area contributed by atoms with Crippen LogP contribution in [0, 0.1) is 0 Å². The quantitative estimate of drug-likeness (QED) is 0.526. The van der Waals surface area contributed by atoms with E-state index >= 15 is 0 Å². The van der Waals surface area contributed by atoms with Crippen LogP contribution in [0.1, 0.15) is 49.5 Å². The zero-order chi connectivity index (χ0) is 21.5. The number of furan rings is 1. The fourth-order valence-corrected chi connectivity index (χ4v) is 4.25. The summed E-state index contributed by atoms with van der Waals surface area (Å²) >= 11 is 0. The number of amides is 2. The van der Waals surface area contributed by atoms with Crippen molar-refractivity contribution in [2.75, 3.05) is 0 Å². The van der Waals surface area contributed by atoms with Gasteiger partial charge in [-0.1, -0.05) is 30.3 Å². The molecule has 2 atom stereocenters. The van der Waals surface area contributed by atoms with E-state index in [-0.39, 0.29) is 17.9 Å². The molecule has 2 amide bonds. The summed E-state index contributed by atoms with van der Waals surface area (Å²) in [6.07, 6.45) is 10.6. The predicted octanol–water partition coefficient (Wildman–Crippen LogP) is 3.40. The van der Waals surface area contributed by atoms with E-state index in [2.05, 4.69) is 15.6 Å². The molecule has 1 aliphatic rings. The third kappa shape index (κ3) is 5.63. The highest BCUT2D eigenvalue weighted by Crippen LogP contribution is 2.30. The number of hydrogen-bond acceptors (Lipinski definition) is 4. The molecule has 0 radical (unpaired) electrons. The van der Waals surface area contributed by atoms with Crippen LogP contribution in [0.25, 0.3) is 0 Å². The normalized spacial score (nSPS) is 19.2. The Bertz CT molecular complexity index is 970. The van der Waals surface area contributed by atoms with Gasteiger partial charge in [0.15, 0.2) is 0 Å². The molecule has 1 fully saturated rings. The molecule has 0 bridgehead atoms. The number of rotatable bonds is 10. The topological polar surface area (TPSA) is 89.2 Å². The lowest BCUT2D eigenvalue weighted by Crippen LogP contribution is -2.44. The van der Waals surface area contributed by atoms with Crippen molar-refractivity contribution >= 4 is 11.8 Å². The Kier molecular flexibility index (Phi) is 6.50. The molecule has 1 aliphatic heterocycles. The van der Waals surface area contributed by atoms with Gasteiger partial charge in [-0.25, -0.2) is 4.98 Å². The van der Waals surface area contributed by atoms with Gasteiger partial charge in [0.2, 0.25) is 11.8 Å². The summed E-state index contributed by atoms with van der Waals surface area (Å²) in [6.45, 7) is 0.762. The average Bonchev–Trinajstić information content (AvgIpc) is 3.54. The fourth-order valence-electron chi connectivity index (χ4n) is 4.25. The fraction of sp³-hybridized carbons (Fsp3) is 0.375. The Hall–Kier alpha value is -3.35. The summed E-state index contributed by atoms with van der Waals surface area (Å²) in [7, 11) is 0. The van der Waals surface area contributed by atoms with Crippen molar-refractivity contribution in [1.82, 2.24) is 20.2 Å². The maximum atomic E-state index is 12.9. The molecule has 0 aliphatic carbocycles. The minimum atomic E-state index is -0.425. The molecule has 162 valence electrons. The van der Waals surface area contributed by atoms with E-state index in [1.165, 1.54) is 0 Å². The van der Waals surface area contributed by atoms with Crippen LogP contribution >= 0.6 is 0 Å². The van der Waals surface area contributed by atoms with Gasteiger partial charge in [0.05, 0.1) is 18.6 Å². The first-order chi connectivity index (χ1) is 15.1. The molecule has 3 aromatic rings. The summed E-state index contributed by atoms with van der Waals surface area (Å²) in [6, 6.07) is 13.7. The SMILES string of the molecule is O=C(CC[C@]1(Cc2ccco2)CCC(=O)N1)N[C@H](CCn1ccnc1)c1ccccc1. The second kappa shape index (κ2) is 9.64. The molecule has 2 N–H and O–H groups in total. The van der Waals surface area contributed by atoms with E-state index in [1.54, 1.807) is 18.8 Å². The minimum Gasteiger partial charge on any atom is -0.469 e. The standard InChI is InChI=1S/C24H28N4O3/c29-22(8-11-24(12-9-23(30)27-24)17-20-7-4-16-31-20)26-21(19-5-2-1-3-6-19)10-14-28-15-13-25-18-28/h1-7,13,15-16,18,21H,8-12,14,17H2,(H,26,29)(H,27,30)/t21-,24-/m1/s1. The summed E-state index contributed by atoms with van der Waals surface area (Å²) in [5.74, 6) is 0.846. The lowest BCUT2D eigenvalue weighted by Gasteiger charge is -2.28. The number of benzene rings is 1. The first-order valence-corrected chi connectivity index (χ1v) is 10.8. The number of aryl methyl sites for hydroxylation is 1. The van der Waals surface area contributed by atoms with E-state index in [4.69, 9.17) is 4.42 Å². The first-order valence-electron chi connectivity index (χ1n) is 10.8. The van der Waals surface area contributed by atoms with E-state index < -0.39 is 5.54 Å². The third-order valence-corrected chi connectivity index (χ3v) is 5.93. The van der Waals surface area contributed by atoms with Crippen LogP contribution < -0.4 is 10.6 Å². The summed E-state index contributed by atoms with van der Waals surface area (Å²) in [5, 5.41) is 6.30. The second-order valence-corrected chi connectivity index (χ2v) is 8.20. The molecule has 7 heteroatoms. The van der Waals surface area contributed by atoms with Crippen LogP contribution in [0.3, 0.4) is 0 Å². The maximum absolute atomic E-state index is 12.9. The summed E-state index contributed by atoms with van der Waals surface area (Å²) in [4.78, 5) is 28.9. The highest BCUT2D eigenvalue weighted by molar-refractivity contribution is 5.80. The first kappa shape index (κ1) is 20.9. The van der Waals surface area contributed by atoms with E-state index in [9.17, 15) is 9.59 Å². The van der Waals surface area contributed by atoms with Crippen LogP contribution in [-0.4, -0.2) is 26.9 Å². The number of imidazole rings is 1. The van der Waals surface area contributed by atoms with Gasteiger partial charge in [0, 0.05) is 43.7 Å². The molecular formula is C24H28N4O3. The molecular weight excluding hydrogens is 392 g/mol. The largest absolute Gasteiger partial charge is 0.469 e. The Morgan fingerprint density at radius 3 is 2.81 bits per heavy atom. The summed E-state index contributed by atoms with van der Waals surface area (Å²) in [5.41, 5.74) is 0.654. The van der Waals surface area contributed by atoms with Gasteiger partial charge >= 0.3 is 0 Å². The molecule has 0 unspecified atom stereocenters. The number of hydrogen-bond donors (Lipinski definition) is 2. The van der Waals surface area contributed by atoms with Crippen molar-refractivity contribution in [3.05, 3.63) is 78.8 Å². The van der Waals surface area contributed by atoms with Gasteiger partial charge in [0.1, 0.15) is 5.76 Å². The van der Waals surface area contributed by atoms with Gasteiger partial charge in [-0.05, 0) is 37.0 Å². The van der Waals surface area contributed by atoms with Crippen LogP contribution in [0.5, 0.6) is 0 Å². The van der Waals surface area contributed by atoms with Gasteiger partial charge in [-0.15, -0.1) is 0 Å². The van der Waals surface area contributed by atoms with Gasteiger partial charge in [-0.2, -0.15) is 0 Å². The maximum Gasteiger partial charge on any atom is 0.220 e. The lowest BCUT2D eigenvalue weighted by atomic mass is 9.87. The number of nitrogens with zero attached hydrogens (tertiary/aromatic N) is 2. The lowest BCUT2D eigenvalue weighted by molar-refractivity contribution is -0.123. The Labute approximate surface area is 181 Å². The van der Waals surface area contributed by atoms with Crippen LogP contribution in [-0.2, 0) is 22.6 Å². The second-order valence-electron chi connectivity index (χ2n) is 8.20. The van der Waals surface area contributed by atoms with Crippen molar-refractivity contribution in [2.45, 2.75) is 56.7 Å². The molecule has 3 heterocycles. The molecule has 0 saturated carbocycles. The molecule has 4 rings (SSSR count). The van der Waals surface area contributed by atoms with Crippen LogP contribution in [0.15, 0.2) is 71.9 Å². The van der Waals surface area contributed by atoms with Gasteiger partial charge in [-0.3, -0.25) is 9.59 Å². The van der Waals surface area contributed by atoms with E-state index in [0.29, 0.717) is 32.1 Å². The van der Waals surface area contributed by atoms with Crippen molar-refractivity contribution in [1.29, 1.82) is 0 Å². The Balaban J connectivity index is 1.38. The third-order valence-electron chi connectivity index (χ3n) is 5.93. The zero-order valence-corrected chi connectivity index (χ0v) is 17.5. The number of carbonyl (C=O) groups excluding carboxylic acids is 2. The summed E-state index contributed by atoms with van der Waals surface area (Å²) < 4.78 is 7.50. The zero-order valence-electron chi connectivity index (χ0n) is 17.5. The monoisotopic (exact) mass is 420 g/mol. The predicted molar refractivity (Wildman–Crippen MR) is 116 cm³/mol. The molecule has 7 nitrogen and oxygen atoms in total. The van der Waals surface area contributed by atoms with Gasteiger partial charge < -0.3 is 19.6 Å². The molecule has 0 spiro atoms. The highest BCUT2D eigenvalue weighted by atomic mass is 16.3. The minimum absolute atomic E-state index is 0.0144. The van der Waals surface area contributed by atoms with Crippen LogP contribution in [0.2, 0.25) is 0 Å². The Morgan fingerprint density at radius 2 is 2.13 bits per heavy atom. The molecule has 1 saturated heterocycles. The highest BCUT2D eigenvalue weighted by Gasteiger charge is 2.38. The van der Waals surface area contributed by atoms with E-state index in [1.807, 2.05) is 53.2 Å². The van der Waals surface area contributed by atoms with Crippen LogP contribution in [0.4, 0.5) is 0 Å².